The van der Waals surface area contributed by atoms with Gasteiger partial charge in [0.2, 0.25) is 0 Å². The highest BCUT2D eigenvalue weighted by Gasteiger charge is 2.18. The molecule has 0 bridgehead atoms. The van der Waals surface area contributed by atoms with Crippen molar-refractivity contribution in [2.45, 2.75) is 18.9 Å². The lowest BCUT2D eigenvalue weighted by Crippen LogP contribution is -2.32. The van der Waals surface area contributed by atoms with Crippen LogP contribution in [0.5, 0.6) is 5.75 Å². The maximum Gasteiger partial charge on any atom is 0.122 e. The van der Waals surface area contributed by atoms with Crippen molar-refractivity contribution in [3.63, 3.8) is 0 Å². The Morgan fingerprint density at radius 3 is 2.57 bits per heavy atom. The zero-order valence-corrected chi connectivity index (χ0v) is 10.1. The smallest absolute Gasteiger partial charge is 0.122 e. The molecule has 1 aliphatic rings. The summed E-state index contributed by atoms with van der Waals surface area (Å²) in [5.74, 6) is 0.937. The maximum absolute atomic E-state index is 5.83. The number of hydrogen-bond donors (Lipinski definition) is 0. The van der Waals surface area contributed by atoms with E-state index in [-0.39, 0.29) is 0 Å². The third kappa shape index (κ3) is 2.81. The topological polar surface area (TPSA) is 25.4 Å². The van der Waals surface area contributed by atoms with Gasteiger partial charge in [0.15, 0.2) is 0 Å². The lowest BCUT2D eigenvalue weighted by molar-refractivity contribution is 0.144. The Balaban J connectivity index is 1.87. The number of halogens is 1. The summed E-state index contributed by atoms with van der Waals surface area (Å²) in [5.41, 5.74) is 0. The Hall–Kier alpha value is -0.360. The largest absolute Gasteiger partial charge is 0.490 e. The molecular formula is C10H13IN2O. The fourth-order valence-corrected chi connectivity index (χ4v) is 2.11. The molecule has 0 N–H and O–H groups in total. The molecule has 0 unspecified atom stereocenters. The summed E-state index contributed by atoms with van der Waals surface area (Å²) in [4.78, 5) is 3.96. The van der Waals surface area contributed by atoms with Crippen LogP contribution in [-0.4, -0.2) is 27.3 Å². The first-order valence-corrected chi connectivity index (χ1v) is 5.78. The predicted octanol–water partition coefficient (Wildman–Crippen LogP) is 2.27. The van der Waals surface area contributed by atoms with Crippen molar-refractivity contribution in [2.75, 3.05) is 13.1 Å². The van der Waals surface area contributed by atoms with Gasteiger partial charge in [0.25, 0.3) is 0 Å². The maximum atomic E-state index is 5.83. The van der Waals surface area contributed by atoms with Gasteiger partial charge in [0, 0.05) is 48.3 Å². The van der Waals surface area contributed by atoms with Crippen molar-refractivity contribution in [1.29, 1.82) is 0 Å². The third-order valence-electron chi connectivity index (χ3n) is 2.34. The van der Waals surface area contributed by atoms with Gasteiger partial charge >= 0.3 is 0 Å². The first-order valence-electron chi connectivity index (χ1n) is 4.82. The molecular weight excluding hydrogens is 291 g/mol. The van der Waals surface area contributed by atoms with Gasteiger partial charge in [0.05, 0.1) is 0 Å². The standard InChI is InChI=1S/C10H13IN2O/c11-13-7-3-10(4-8-13)14-9-1-5-12-6-2-9/h1-2,5-6,10H,3-4,7-8H2. The second-order valence-corrected chi connectivity index (χ2v) is 4.77. The molecule has 14 heavy (non-hydrogen) atoms. The summed E-state index contributed by atoms with van der Waals surface area (Å²) in [5, 5.41) is 0. The highest BCUT2D eigenvalue weighted by atomic mass is 127. The van der Waals surface area contributed by atoms with Crippen LogP contribution in [0.15, 0.2) is 24.5 Å². The number of pyridine rings is 1. The summed E-state index contributed by atoms with van der Waals surface area (Å²) in [6.45, 7) is 2.24. The van der Waals surface area contributed by atoms with Crippen molar-refractivity contribution in [3.8, 4) is 5.75 Å². The first-order chi connectivity index (χ1) is 6.84. The molecule has 2 rings (SSSR count). The molecule has 2 heterocycles. The lowest BCUT2D eigenvalue weighted by Gasteiger charge is -2.27. The van der Waals surface area contributed by atoms with Crippen LogP contribution in [0.1, 0.15) is 12.8 Å². The number of piperidine rings is 1. The van der Waals surface area contributed by atoms with Crippen LogP contribution in [-0.2, 0) is 0 Å². The molecule has 1 aliphatic heterocycles. The summed E-state index contributed by atoms with van der Waals surface area (Å²) in [7, 11) is 0. The van der Waals surface area contributed by atoms with E-state index >= 15 is 0 Å². The van der Waals surface area contributed by atoms with E-state index in [9.17, 15) is 0 Å². The molecule has 1 aromatic rings. The van der Waals surface area contributed by atoms with E-state index in [4.69, 9.17) is 4.74 Å². The van der Waals surface area contributed by atoms with Crippen molar-refractivity contribution >= 4 is 22.9 Å². The molecule has 0 amide bonds. The van der Waals surface area contributed by atoms with Gasteiger partial charge < -0.3 is 4.74 Å². The Labute approximate surface area is 98.0 Å². The van der Waals surface area contributed by atoms with Crippen molar-refractivity contribution in [1.82, 2.24) is 8.10 Å². The monoisotopic (exact) mass is 304 g/mol. The van der Waals surface area contributed by atoms with E-state index in [1.165, 1.54) is 0 Å². The normalized spacial score (nSPS) is 19.5. The molecule has 0 aromatic carbocycles. The highest BCUT2D eigenvalue weighted by Crippen LogP contribution is 2.19. The number of rotatable bonds is 2. The Bertz CT molecular complexity index is 273. The van der Waals surface area contributed by atoms with Crippen molar-refractivity contribution < 1.29 is 4.74 Å². The molecule has 0 spiro atoms. The molecule has 0 saturated carbocycles. The van der Waals surface area contributed by atoms with E-state index in [0.717, 1.165) is 31.7 Å². The Kier molecular flexibility index (Phi) is 3.58. The predicted molar refractivity (Wildman–Crippen MR) is 63.5 cm³/mol. The van der Waals surface area contributed by atoms with Crippen molar-refractivity contribution in [2.24, 2.45) is 0 Å². The molecule has 76 valence electrons. The van der Waals surface area contributed by atoms with E-state index in [0.29, 0.717) is 6.10 Å². The molecule has 4 heteroatoms. The van der Waals surface area contributed by atoms with Crippen LogP contribution in [0.2, 0.25) is 0 Å². The molecule has 1 fully saturated rings. The van der Waals surface area contributed by atoms with Gasteiger partial charge in [0.1, 0.15) is 11.9 Å². The Morgan fingerprint density at radius 1 is 1.29 bits per heavy atom. The van der Waals surface area contributed by atoms with Gasteiger partial charge in [-0.1, -0.05) is 0 Å². The van der Waals surface area contributed by atoms with Gasteiger partial charge in [-0.3, -0.25) is 4.98 Å². The van der Waals surface area contributed by atoms with Crippen LogP contribution in [0, 0.1) is 0 Å². The average molecular weight is 304 g/mol. The van der Waals surface area contributed by atoms with Gasteiger partial charge in [-0.05, 0) is 25.0 Å². The molecule has 1 aromatic heterocycles. The molecule has 3 nitrogen and oxygen atoms in total. The second kappa shape index (κ2) is 4.93. The lowest BCUT2D eigenvalue weighted by atomic mass is 10.1. The fourth-order valence-electron chi connectivity index (χ4n) is 1.55. The number of hydrogen-bond acceptors (Lipinski definition) is 3. The van der Waals surface area contributed by atoms with Gasteiger partial charge in [-0.25, -0.2) is 3.11 Å². The first kappa shape index (κ1) is 10.2. The molecule has 0 radical (unpaired) electrons. The summed E-state index contributed by atoms with van der Waals surface area (Å²) in [6, 6.07) is 3.83. The van der Waals surface area contributed by atoms with Crippen LogP contribution < -0.4 is 4.74 Å². The zero-order valence-electron chi connectivity index (χ0n) is 7.90. The SMILES string of the molecule is IN1CCC(Oc2ccncc2)CC1. The summed E-state index contributed by atoms with van der Waals surface area (Å²) >= 11 is 2.37. The molecule has 0 aliphatic carbocycles. The molecule has 1 saturated heterocycles. The quantitative estimate of drug-likeness (QED) is 0.619. The molecule has 0 atom stereocenters. The van der Waals surface area contributed by atoms with E-state index in [1.54, 1.807) is 12.4 Å². The number of nitrogens with zero attached hydrogens (tertiary/aromatic N) is 2. The zero-order chi connectivity index (χ0) is 9.80. The number of aromatic nitrogens is 1. The summed E-state index contributed by atoms with van der Waals surface area (Å²) in [6.07, 6.45) is 6.14. The van der Waals surface area contributed by atoms with Gasteiger partial charge in [-0.2, -0.15) is 0 Å². The third-order valence-corrected chi connectivity index (χ3v) is 3.30. The van der Waals surface area contributed by atoms with Crippen LogP contribution in [0.25, 0.3) is 0 Å². The van der Waals surface area contributed by atoms with Crippen molar-refractivity contribution in [3.05, 3.63) is 24.5 Å². The van der Waals surface area contributed by atoms with E-state index < -0.39 is 0 Å². The average Bonchev–Trinajstić information content (AvgIpc) is 2.23. The van der Waals surface area contributed by atoms with Gasteiger partial charge in [-0.15, -0.1) is 0 Å². The van der Waals surface area contributed by atoms with Crippen LogP contribution in [0.4, 0.5) is 0 Å². The minimum absolute atomic E-state index is 0.378. The van der Waals surface area contributed by atoms with Crippen LogP contribution >= 0.6 is 22.9 Å². The van der Waals surface area contributed by atoms with E-state index in [2.05, 4.69) is 31.0 Å². The van der Waals surface area contributed by atoms with Crippen LogP contribution in [0.3, 0.4) is 0 Å². The number of ether oxygens (including phenoxy) is 1. The minimum atomic E-state index is 0.378. The minimum Gasteiger partial charge on any atom is -0.490 e. The van der Waals surface area contributed by atoms with E-state index in [1.807, 2.05) is 12.1 Å². The highest BCUT2D eigenvalue weighted by molar-refractivity contribution is 14.1. The fraction of sp³-hybridized carbons (Fsp3) is 0.500. The Morgan fingerprint density at radius 2 is 1.93 bits per heavy atom. The summed E-state index contributed by atoms with van der Waals surface area (Å²) < 4.78 is 8.14. The second-order valence-electron chi connectivity index (χ2n) is 3.41.